The van der Waals surface area contributed by atoms with E-state index in [9.17, 15) is 9.18 Å². The molecule has 3 N–H and O–H groups in total. The highest BCUT2D eigenvalue weighted by Crippen LogP contribution is 2.17. The molecule has 0 heterocycles. The van der Waals surface area contributed by atoms with E-state index in [4.69, 9.17) is 9.84 Å². The second-order valence-electron chi connectivity index (χ2n) is 3.88. The van der Waals surface area contributed by atoms with Crippen LogP contribution in [-0.2, 0) is 6.54 Å². The van der Waals surface area contributed by atoms with Gasteiger partial charge in [0.1, 0.15) is 0 Å². The zero-order valence-corrected chi connectivity index (χ0v) is 10.4. The van der Waals surface area contributed by atoms with Crippen LogP contribution >= 0.6 is 0 Å². The summed E-state index contributed by atoms with van der Waals surface area (Å²) in [6.45, 7) is 1.74. The predicted octanol–water partition coefficient (Wildman–Crippen LogP) is 1.01. The molecule has 0 aliphatic rings. The van der Waals surface area contributed by atoms with Crippen LogP contribution in [0.15, 0.2) is 18.2 Å². The summed E-state index contributed by atoms with van der Waals surface area (Å²) in [5.41, 5.74) is 0.625. The molecule has 18 heavy (non-hydrogen) atoms. The molecule has 1 rings (SSSR count). The number of carbonyl (C=O) groups excluding carboxylic acids is 1. The van der Waals surface area contributed by atoms with E-state index >= 15 is 0 Å². The summed E-state index contributed by atoms with van der Waals surface area (Å²) in [4.78, 5) is 11.3. The number of amides is 2. The minimum atomic E-state index is -0.471. The van der Waals surface area contributed by atoms with E-state index in [2.05, 4.69) is 10.6 Å². The van der Waals surface area contributed by atoms with E-state index in [0.29, 0.717) is 5.56 Å². The highest BCUT2D eigenvalue weighted by Gasteiger charge is 2.07. The summed E-state index contributed by atoms with van der Waals surface area (Å²) in [5.74, 6) is -0.307. The van der Waals surface area contributed by atoms with Crippen LogP contribution in [0.3, 0.4) is 0 Å². The third kappa shape index (κ3) is 4.21. The highest BCUT2D eigenvalue weighted by molar-refractivity contribution is 5.74. The Morgan fingerprint density at radius 3 is 2.83 bits per heavy atom. The van der Waals surface area contributed by atoms with Gasteiger partial charge in [-0.1, -0.05) is 6.07 Å². The van der Waals surface area contributed by atoms with Gasteiger partial charge in [0.15, 0.2) is 11.6 Å². The molecule has 100 valence electrons. The predicted molar refractivity (Wildman–Crippen MR) is 64.9 cm³/mol. The first kappa shape index (κ1) is 14.2. The SMILES string of the molecule is COc1ccc(CNC(=O)NC(C)CO)cc1F. The lowest BCUT2D eigenvalue weighted by atomic mass is 10.2. The summed E-state index contributed by atoms with van der Waals surface area (Å²) in [6.07, 6.45) is 0. The molecule has 0 aromatic heterocycles. The first-order valence-electron chi connectivity index (χ1n) is 5.54. The molecule has 0 aliphatic carbocycles. The summed E-state index contributed by atoms with van der Waals surface area (Å²) in [6, 6.07) is 3.73. The average molecular weight is 256 g/mol. The molecule has 0 bridgehead atoms. The van der Waals surface area contributed by atoms with E-state index in [1.807, 2.05) is 0 Å². The first-order chi connectivity index (χ1) is 8.56. The van der Waals surface area contributed by atoms with Crippen LogP contribution in [0.25, 0.3) is 0 Å². The van der Waals surface area contributed by atoms with Crippen molar-refractivity contribution >= 4 is 6.03 Å². The van der Waals surface area contributed by atoms with Crippen molar-refractivity contribution in [3.8, 4) is 5.75 Å². The number of hydrogen-bond donors (Lipinski definition) is 3. The molecule has 1 unspecified atom stereocenters. The normalized spacial score (nSPS) is 11.8. The van der Waals surface area contributed by atoms with E-state index in [1.165, 1.54) is 19.2 Å². The molecule has 1 aromatic carbocycles. The van der Waals surface area contributed by atoms with E-state index in [0.717, 1.165) is 0 Å². The Labute approximate surface area is 105 Å². The maximum Gasteiger partial charge on any atom is 0.315 e. The maximum absolute atomic E-state index is 13.4. The Hall–Kier alpha value is -1.82. The van der Waals surface area contributed by atoms with Crippen LogP contribution < -0.4 is 15.4 Å². The van der Waals surface area contributed by atoms with Gasteiger partial charge < -0.3 is 20.5 Å². The second kappa shape index (κ2) is 6.80. The standard InChI is InChI=1S/C12H17FN2O3/c1-8(7-16)15-12(17)14-6-9-3-4-11(18-2)10(13)5-9/h3-5,8,16H,6-7H2,1-2H3,(H2,14,15,17). The van der Waals surface area contributed by atoms with Crippen molar-refractivity contribution in [3.63, 3.8) is 0 Å². The Bertz CT molecular complexity index is 412. The summed E-state index contributed by atoms with van der Waals surface area (Å²) in [7, 11) is 1.39. The van der Waals surface area contributed by atoms with Gasteiger partial charge >= 0.3 is 6.03 Å². The van der Waals surface area contributed by atoms with Gasteiger partial charge in [-0.2, -0.15) is 0 Å². The van der Waals surface area contributed by atoms with Crippen molar-refractivity contribution in [3.05, 3.63) is 29.6 Å². The molecule has 2 amide bonds. The van der Waals surface area contributed by atoms with Gasteiger partial charge in [-0.15, -0.1) is 0 Å². The van der Waals surface area contributed by atoms with Crippen LogP contribution in [0.5, 0.6) is 5.75 Å². The monoisotopic (exact) mass is 256 g/mol. The quantitative estimate of drug-likeness (QED) is 0.736. The number of ether oxygens (including phenoxy) is 1. The number of halogens is 1. The average Bonchev–Trinajstić information content (AvgIpc) is 2.36. The first-order valence-corrected chi connectivity index (χ1v) is 5.54. The number of urea groups is 1. The summed E-state index contributed by atoms with van der Waals surface area (Å²) < 4.78 is 18.1. The molecule has 0 aliphatic heterocycles. The Morgan fingerprint density at radius 2 is 2.28 bits per heavy atom. The summed E-state index contributed by atoms with van der Waals surface area (Å²) in [5, 5.41) is 13.8. The third-order valence-corrected chi connectivity index (χ3v) is 2.32. The van der Waals surface area contributed by atoms with Gasteiger partial charge in [-0.05, 0) is 24.6 Å². The van der Waals surface area contributed by atoms with Crippen LogP contribution in [0.1, 0.15) is 12.5 Å². The number of benzene rings is 1. The third-order valence-electron chi connectivity index (χ3n) is 2.32. The number of nitrogens with one attached hydrogen (secondary N) is 2. The van der Waals surface area contributed by atoms with Gasteiger partial charge in [0.05, 0.1) is 19.8 Å². The minimum Gasteiger partial charge on any atom is -0.494 e. The van der Waals surface area contributed by atoms with Crippen molar-refractivity contribution < 1.29 is 19.0 Å². The Kier molecular flexibility index (Phi) is 5.38. The number of methoxy groups -OCH3 is 1. The van der Waals surface area contributed by atoms with Crippen molar-refractivity contribution in [1.29, 1.82) is 0 Å². The van der Waals surface area contributed by atoms with Crippen LogP contribution in [0.2, 0.25) is 0 Å². The van der Waals surface area contributed by atoms with E-state index < -0.39 is 11.8 Å². The lowest BCUT2D eigenvalue weighted by Crippen LogP contribution is -2.41. The topological polar surface area (TPSA) is 70.6 Å². The molecule has 0 spiro atoms. The number of rotatable bonds is 5. The fraction of sp³-hybridized carbons (Fsp3) is 0.417. The zero-order chi connectivity index (χ0) is 13.5. The largest absolute Gasteiger partial charge is 0.494 e. The van der Waals surface area contributed by atoms with Crippen molar-refractivity contribution in [1.82, 2.24) is 10.6 Å². The van der Waals surface area contributed by atoms with E-state index in [-0.39, 0.29) is 24.9 Å². The molecule has 6 heteroatoms. The van der Waals surface area contributed by atoms with Crippen LogP contribution in [0, 0.1) is 5.82 Å². The van der Waals surface area contributed by atoms with Gasteiger partial charge in [-0.25, -0.2) is 9.18 Å². The maximum atomic E-state index is 13.4. The smallest absolute Gasteiger partial charge is 0.315 e. The van der Waals surface area contributed by atoms with Gasteiger partial charge in [0, 0.05) is 6.54 Å². The number of hydrogen-bond acceptors (Lipinski definition) is 3. The molecule has 0 radical (unpaired) electrons. The lowest BCUT2D eigenvalue weighted by molar-refractivity contribution is 0.220. The fourth-order valence-corrected chi connectivity index (χ4v) is 1.32. The van der Waals surface area contributed by atoms with Gasteiger partial charge in [0.25, 0.3) is 0 Å². The number of aliphatic hydroxyl groups is 1. The van der Waals surface area contributed by atoms with Gasteiger partial charge in [0.2, 0.25) is 0 Å². The highest BCUT2D eigenvalue weighted by atomic mass is 19.1. The molecule has 1 atom stereocenters. The van der Waals surface area contributed by atoms with Gasteiger partial charge in [-0.3, -0.25) is 0 Å². The molecular formula is C12H17FN2O3. The number of aliphatic hydroxyl groups excluding tert-OH is 1. The lowest BCUT2D eigenvalue weighted by Gasteiger charge is -2.12. The zero-order valence-electron chi connectivity index (χ0n) is 10.4. The molecule has 0 saturated carbocycles. The van der Waals surface area contributed by atoms with E-state index in [1.54, 1.807) is 13.0 Å². The number of carbonyl (C=O) groups is 1. The molecule has 5 nitrogen and oxygen atoms in total. The fourth-order valence-electron chi connectivity index (χ4n) is 1.32. The molecule has 0 saturated heterocycles. The Morgan fingerprint density at radius 1 is 1.56 bits per heavy atom. The second-order valence-corrected chi connectivity index (χ2v) is 3.88. The Balaban J connectivity index is 2.48. The van der Waals surface area contributed by atoms with Crippen molar-refractivity contribution in [2.45, 2.75) is 19.5 Å². The van der Waals surface area contributed by atoms with Crippen molar-refractivity contribution in [2.75, 3.05) is 13.7 Å². The van der Waals surface area contributed by atoms with Crippen LogP contribution in [-0.4, -0.2) is 30.9 Å². The summed E-state index contributed by atoms with van der Waals surface area (Å²) >= 11 is 0. The van der Waals surface area contributed by atoms with Crippen LogP contribution in [0.4, 0.5) is 9.18 Å². The molecule has 1 aromatic rings. The van der Waals surface area contributed by atoms with Crippen molar-refractivity contribution in [2.24, 2.45) is 0 Å². The molecular weight excluding hydrogens is 239 g/mol. The minimum absolute atomic E-state index is 0.134. The molecule has 0 fully saturated rings.